The third kappa shape index (κ3) is 3.77. The lowest BCUT2D eigenvalue weighted by atomic mass is 10.1. The molecule has 72 valence electrons. The van der Waals surface area contributed by atoms with E-state index in [1.165, 1.54) is 5.56 Å². The summed E-state index contributed by atoms with van der Waals surface area (Å²) in [5.74, 6) is 0. The van der Waals surface area contributed by atoms with Gasteiger partial charge in [0.15, 0.2) is 0 Å². The molecule has 13 heavy (non-hydrogen) atoms. The molecule has 0 aromatic heterocycles. The highest BCUT2D eigenvalue weighted by atomic mass is 79.9. The van der Waals surface area contributed by atoms with Crippen molar-refractivity contribution in [1.29, 1.82) is 0 Å². The molecule has 0 amide bonds. The molecule has 0 aliphatic heterocycles. The van der Waals surface area contributed by atoms with Crippen LogP contribution in [-0.2, 0) is 13.1 Å². The molecule has 0 saturated heterocycles. The van der Waals surface area contributed by atoms with E-state index in [1.807, 2.05) is 18.2 Å². The van der Waals surface area contributed by atoms with Crippen LogP contribution in [0, 0.1) is 0 Å². The molecular formula is C10H11Br2F. The first-order valence-corrected chi connectivity index (χ1v) is 6.08. The van der Waals surface area contributed by atoms with Gasteiger partial charge in [-0.05, 0) is 36.1 Å². The van der Waals surface area contributed by atoms with Crippen molar-refractivity contribution < 1.29 is 4.39 Å². The van der Waals surface area contributed by atoms with E-state index in [9.17, 15) is 4.39 Å². The van der Waals surface area contributed by atoms with E-state index >= 15 is 0 Å². The summed E-state index contributed by atoms with van der Waals surface area (Å²) in [7, 11) is 0. The average Bonchev–Trinajstić information content (AvgIpc) is 2.14. The predicted molar refractivity (Wildman–Crippen MR) is 61.1 cm³/mol. The number of alkyl halides is 2. The molecule has 1 rings (SSSR count). The van der Waals surface area contributed by atoms with Crippen LogP contribution in [-0.4, -0.2) is 5.33 Å². The fourth-order valence-electron chi connectivity index (χ4n) is 1.21. The molecule has 0 spiro atoms. The molecule has 0 aliphatic carbocycles. The molecule has 0 N–H and O–H groups in total. The first-order chi connectivity index (χ1) is 6.26. The molecule has 1 aromatic rings. The van der Waals surface area contributed by atoms with Gasteiger partial charge >= 0.3 is 0 Å². The maximum Gasteiger partial charge on any atom is 0.115 e. The van der Waals surface area contributed by atoms with Crippen molar-refractivity contribution in [3.8, 4) is 0 Å². The van der Waals surface area contributed by atoms with Crippen LogP contribution in [0.2, 0.25) is 0 Å². The second-order valence-corrected chi connectivity index (χ2v) is 4.60. The molecule has 0 aliphatic rings. The van der Waals surface area contributed by atoms with Crippen LogP contribution >= 0.6 is 31.9 Å². The Balaban J connectivity index is 2.76. The normalized spacial score (nSPS) is 10.4. The Labute approximate surface area is 94.8 Å². The largest absolute Gasteiger partial charge is 0.246 e. The first kappa shape index (κ1) is 11.2. The van der Waals surface area contributed by atoms with E-state index < -0.39 is 0 Å². The maximum atomic E-state index is 12.4. The Hall–Kier alpha value is 0.110. The fraction of sp³-hybridized carbons (Fsp3) is 0.400. The van der Waals surface area contributed by atoms with Gasteiger partial charge in [-0.25, -0.2) is 4.39 Å². The molecule has 0 heterocycles. The molecule has 0 radical (unpaired) electrons. The predicted octanol–water partition coefficient (Wildman–Crippen LogP) is 4.25. The zero-order valence-corrected chi connectivity index (χ0v) is 10.4. The summed E-state index contributed by atoms with van der Waals surface area (Å²) < 4.78 is 13.3. The standard InChI is InChI=1S/C10H11Br2F/c11-3-1-2-8-4-9(7-13)6-10(12)5-8/h4-6H,1-3,7H2. The van der Waals surface area contributed by atoms with Crippen molar-refractivity contribution in [2.24, 2.45) is 0 Å². The lowest BCUT2D eigenvalue weighted by Crippen LogP contribution is -1.89. The topological polar surface area (TPSA) is 0 Å². The van der Waals surface area contributed by atoms with Gasteiger partial charge in [0, 0.05) is 9.80 Å². The van der Waals surface area contributed by atoms with Crippen LogP contribution in [0.5, 0.6) is 0 Å². The maximum absolute atomic E-state index is 12.4. The first-order valence-electron chi connectivity index (χ1n) is 4.16. The molecule has 0 nitrogen and oxygen atoms in total. The van der Waals surface area contributed by atoms with Crippen molar-refractivity contribution in [2.45, 2.75) is 19.5 Å². The fourth-order valence-corrected chi connectivity index (χ4v) is 2.08. The molecule has 0 bridgehead atoms. The summed E-state index contributed by atoms with van der Waals surface area (Å²) in [6.07, 6.45) is 2.08. The minimum atomic E-state index is -0.388. The van der Waals surface area contributed by atoms with E-state index in [2.05, 4.69) is 31.9 Å². The van der Waals surface area contributed by atoms with Crippen LogP contribution in [0.3, 0.4) is 0 Å². The molecule has 3 heteroatoms. The molecule has 0 fully saturated rings. The van der Waals surface area contributed by atoms with Gasteiger partial charge in [0.1, 0.15) is 6.67 Å². The van der Waals surface area contributed by atoms with Crippen LogP contribution in [0.4, 0.5) is 4.39 Å². The van der Waals surface area contributed by atoms with Gasteiger partial charge in [-0.1, -0.05) is 37.9 Å². The molecular weight excluding hydrogens is 299 g/mol. The lowest BCUT2D eigenvalue weighted by molar-refractivity contribution is 0.485. The number of hydrogen-bond acceptors (Lipinski definition) is 0. The van der Waals surface area contributed by atoms with Gasteiger partial charge in [-0.2, -0.15) is 0 Å². The van der Waals surface area contributed by atoms with Crippen LogP contribution < -0.4 is 0 Å². The van der Waals surface area contributed by atoms with Crippen molar-refractivity contribution in [2.75, 3.05) is 5.33 Å². The number of aryl methyl sites for hydroxylation is 1. The van der Waals surface area contributed by atoms with E-state index in [4.69, 9.17) is 0 Å². The minimum Gasteiger partial charge on any atom is -0.246 e. The zero-order chi connectivity index (χ0) is 9.68. The Bertz CT molecular complexity index is 274. The molecule has 1 aromatic carbocycles. The second-order valence-electron chi connectivity index (χ2n) is 2.89. The SMILES string of the molecule is FCc1cc(Br)cc(CCCBr)c1. The number of rotatable bonds is 4. The van der Waals surface area contributed by atoms with E-state index in [-0.39, 0.29) is 6.67 Å². The monoisotopic (exact) mass is 308 g/mol. The third-order valence-electron chi connectivity index (χ3n) is 1.77. The van der Waals surface area contributed by atoms with Crippen LogP contribution in [0.1, 0.15) is 17.5 Å². The lowest BCUT2D eigenvalue weighted by Gasteiger charge is -2.03. The summed E-state index contributed by atoms with van der Waals surface area (Å²) >= 11 is 6.74. The smallest absolute Gasteiger partial charge is 0.115 e. The summed E-state index contributed by atoms with van der Waals surface area (Å²) in [5.41, 5.74) is 1.94. The van der Waals surface area contributed by atoms with Crippen molar-refractivity contribution >= 4 is 31.9 Å². The summed E-state index contributed by atoms with van der Waals surface area (Å²) in [4.78, 5) is 0. The Morgan fingerprint density at radius 3 is 2.46 bits per heavy atom. The highest BCUT2D eigenvalue weighted by Crippen LogP contribution is 2.18. The second kappa shape index (κ2) is 5.76. The van der Waals surface area contributed by atoms with Gasteiger partial charge in [0.2, 0.25) is 0 Å². The van der Waals surface area contributed by atoms with E-state index in [0.717, 1.165) is 28.2 Å². The molecule has 0 atom stereocenters. The minimum absolute atomic E-state index is 0.388. The third-order valence-corrected chi connectivity index (χ3v) is 2.79. The van der Waals surface area contributed by atoms with Gasteiger partial charge in [0.05, 0.1) is 0 Å². The summed E-state index contributed by atoms with van der Waals surface area (Å²) in [5, 5.41) is 0.991. The molecule has 0 unspecified atom stereocenters. The summed E-state index contributed by atoms with van der Waals surface area (Å²) in [6, 6.07) is 5.78. The highest BCUT2D eigenvalue weighted by Gasteiger charge is 1.99. The van der Waals surface area contributed by atoms with Gasteiger partial charge in [0.25, 0.3) is 0 Å². The molecule has 0 saturated carbocycles. The zero-order valence-electron chi connectivity index (χ0n) is 7.19. The Morgan fingerprint density at radius 1 is 1.15 bits per heavy atom. The van der Waals surface area contributed by atoms with Gasteiger partial charge < -0.3 is 0 Å². The van der Waals surface area contributed by atoms with Crippen molar-refractivity contribution in [3.05, 3.63) is 33.8 Å². The number of halogens is 3. The van der Waals surface area contributed by atoms with Gasteiger partial charge in [-0.15, -0.1) is 0 Å². The van der Waals surface area contributed by atoms with Crippen molar-refractivity contribution in [1.82, 2.24) is 0 Å². The Kier molecular flexibility index (Phi) is 4.96. The van der Waals surface area contributed by atoms with Gasteiger partial charge in [-0.3, -0.25) is 0 Å². The number of hydrogen-bond donors (Lipinski definition) is 0. The van der Waals surface area contributed by atoms with E-state index in [1.54, 1.807) is 0 Å². The Morgan fingerprint density at radius 2 is 1.85 bits per heavy atom. The van der Waals surface area contributed by atoms with Crippen LogP contribution in [0.15, 0.2) is 22.7 Å². The average molecular weight is 310 g/mol. The van der Waals surface area contributed by atoms with Crippen LogP contribution in [0.25, 0.3) is 0 Å². The quantitative estimate of drug-likeness (QED) is 0.730. The number of benzene rings is 1. The summed E-state index contributed by atoms with van der Waals surface area (Å²) in [6.45, 7) is -0.388. The van der Waals surface area contributed by atoms with E-state index in [0.29, 0.717) is 0 Å². The highest BCUT2D eigenvalue weighted by molar-refractivity contribution is 9.10. The van der Waals surface area contributed by atoms with Crippen molar-refractivity contribution in [3.63, 3.8) is 0 Å².